The van der Waals surface area contributed by atoms with Crippen molar-refractivity contribution in [2.45, 2.75) is 0 Å². The van der Waals surface area contributed by atoms with E-state index in [0.717, 1.165) is 0 Å². The molecule has 0 aliphatic carbocycles. The molecule has 0 aliphatic rings. The minimum absolute atomic E-state index is 0.0147. The summed E-state index contributed by atoms with van der Waals surface area (Å²) in [5, 5.41) is 0.165. The lowest BCUT2D eigenvalue weighted by Gasteiger charge is -2.04. The number of benzene rings is 1. The van der Waals surface area contributed by atoms with Gasteiger partial charge in [-0.05, 0) is 12.1 Å². The lowest BCUT2D eigenvalue weighted by Crippen LogP contribution is -1.99. The third-order valence-corrected chi connectivity index (χ3v) is 1.68. The average Bonchev–Trinajstić information content (AvgIpc) is 2.08. The zero-order valence-electron chi connectivity index (χ0n) is 6.29. The fourth-order valence-corrected chi connectivity index (χ4v) is 1.10. The van der Waals surface area contributed by atoms with E-state index in [0.29, 0.717) is 6.29 Å². The summed E-state index contributed by atoms with van der Waals surface area (Å²) < 4.78 is 4.53. The number of carbonyl (C=O) groups is 2. The Bertz CT molecular complexity index is 349. The zero-order chi connectivity index (χ0) is 9.84. The van der Waals surface area contributed by atoms with Crippen LogP contribution in [0.3, 0.4) is 0 Å². The molecule has 0 unspecified atom stereocenters. The Labute approximate surface area is 84.2 Å². The molecule has 0 fully saturated rings. The van der Waals surface area contributed by atoms with Gasteiger partial charge in [0.2, 0.25) is 0 Å². The third kappa shape index (κ3) is 2.44. The highest BCUT2D eigenvalue weighted by Gasteiger charge is 2.10. The number of carbonyl (C=O) groups excluding carboxylic acids is 2. The third-order valence-electron chi connectivity index (χ3n) is 1.31. The molecular formula is C8H4Cl2O3. The SMILES string of the molecule is O=Cc1cccc(Cl)c1OC(=O)Cl. The number of hydrogen-bond donors (Lipinski definition) is 0. The van der Waals surface area contributed by atoms with Crippen LogP contribution in [0, 0.1) is 0 Å². The maximum Gasteiger partial charge on any atom is 0.409 e. The number of rotatable bonds is 2. The standard InChI is InChI=1S/C8H4Cl2O3/c9-6-3-1-2-5(4-11)7(6)13-8(10)12/h1-4H. The van der Waals surface area contributed by atoms with E-state index in [1.165, 1.54) is 12.1 Å². The molecular weight excluding hydrogens is 215 g/mol. The summed E-state index contributed by atoms with van der Waals surface area (Å²) in [5.41, 5.74) is -0.849. The average molecular weight is 219 g/mol. The molecule has 0 amide bonds. The van der Waals surface area contributed by atoms with E-state index in [1.807, 2.05) is 0 Å². The number of hydrogen-bond acceptors (Lipinski definition) is 3. The molecule has 0 aliphatic heterocycles. The molecule has 0 N–H and O–H groups in total. The molecule has 1 rings (SSSR count). The fourth-order valence-electron chi connectivity index (χ4n) is 0.806. The maximum absolute atomic E-state index is 10.5. The van der Waals surface area contributed by atoms with E-state index in [4.69, 9.17) is 23.2 Å². The van der Waals surface area contributed by atoms with Gasteiger partial charge in [0.1, 0.15) is 0 Å². The largest absolute Gasteiger partial charge is 0.412 e. The van der Waals surface area contributed by atoms with Crippen molar-refractivity contribution in [2.75, 3.05) is 0 Å². The van der Waals surface area contributed by atoms with Crippen molar-refractivity contribution in [1.29, 1.82) is 0 Å². The van der Waals surface area contributed by atoms with E-state index in [-0.39, 0.29) is 16.3 Å². The first-order chi connectivity index (χ1) is 6.15. The minimum Gasteiger partial charge on any atom is -0.412 e. The molecule has 0 bridgehead atoms. The van der Waals surface area contributed by atoms with Crippen LogP contribution in [0.5, 0.6) is 5.75 Å². The van der Waals surface area contributed by atoms with Gasteiger partial charge in [0.05, 0.1) is 10.6 Å². The van der Waals surface area contributed by atoms with Crippen LogP contribution >= 0.6 is 23.2 Å². The van der Waals surface area contributed by atoms with E-state index in [2.05, 4.69) is 4.74 Å². The lowest BCUT2D eigenvalue weighted by atomic mass is 10.2. The van der Waals surface area contributed by atoms with Gasteiger partial charge >= 0.3 is 5.43 Å². The van der Waals surface area contributed by atoms with Crippen LogP contribution in [-0.4, -0.2) is 11.7 Å². The van der Waals surface area contributed by atoms with E-state index in [1.54, 1.807) is 6.07 Å². The van der Waals surface area contributed by atoms with E-state index < -0.39 is 5.43 Å². The highest BCUT2D eigenvalue weighted by Crippen LogP contribution is 2.27. The minimum atomic E-state index is -1.03. The summed E-state index contributed by atoms with van der Waals surface area (Å²) in [6, 6.07) is 4.52. The maximum atomic E-state index is 10.5. The molecule has 1 aromatic carbocycles. The van der Waals surface area contributed by atoms with E-state index in [9.17, 15) is 9.59 Å². The second kappa shape index (κ2) is 4.25. The van der Waals surface area contributed by atoms with Crippen LogP contribution < -0.4 is 4.74 Å². The number of para-hydroxylation sites is 1. The van der Waals surface area contributed by atoms with Gasteiger partial charge in [-0.25, -0.2) is 4.79 Å². The first-order valence-electron chi connectivity index (χ1n) is 3.26. The van der Waals surface area contributed by atoms with Gasteiger partial charge in [-0.3, -0.25) is 4.79 Å². The summed E-state index contributed by atoms with van der Waals surface area (Å²) in [7, 11) is 0. The van der Waals surface area contributed by atoms with Gasteiger partial charge in [0, 0.05) is 11.6 Å². The molecule has 0 aromatic heterocycles. The number of halogens is 2. The van der Waals surface area contributed by atoms with Crippen LogP contribution in [0.2, 0.25) is 5.02 Å². The van der Waals surface area contributed by atoms with Gasteiger partial charge in [-0.1, -0.05) is 17.7 Å². The normalized spacial score (nSPS) is 9.38. The molecule has 0 spiro atoms. The topological polar surface area (TPSA) is 43.4 Å². The lowest BCUT2D eigenvalue weighted by molar-refractivity contribution is 0.112. The van der Waals surface area contributed by atoms with Gasteiger partial charge in [0.25, 0.3) is 0 Å². The number of ether oxygens (including phenoxy) is 1. The summed E-state index contributed by atoms with van der Waals surface area (Å²) in [6.07, 6.45) is 0.529. The van der Waals surface area contributed by atoms with Crippen molar-refractivity contribution in [3.05, 3.63) is 28.8 Å². The van der Waals surface area contributed by atoms with Crippen molar-refractivity contribution in [3.8, 4) is 5.75 Å². The van der Waals surface area contributed by atoms with Crippen LogP contribution in [0.4, 0.5) is 4.79 Å². The molecule has 3 nitrogen and oxygen atoms in total. The van der Waals surface area contributed by atoms with Crippen molar-refractivity contribution >= 4 is 34.9 Å². The summed E-state index contributed by atoms with van der Waals surface area (Å²) >= 11 is 10.6. The Balaban J connectivity index is 3.14. The Morgan fingerprint density at radius 3 is 2.69 bits per heavy atom. The van der Waals surface area contributed by atoms with Crippen molar-refractivity contribution in [1.82, 2.24) is 0 Å². The molecule has 5 heteroatoms. The van der Waals surface area contributed by atoms with Crippen molar-refractivity contribution in [2.24, 2.45) is 0 Å². The molecule has 13 heavy (non-hydrogen) atoms. The van der Waals surface area contributed by atoms with Gasteiger partial charge in [-0.15, -0.1) is 0 Å². The first kappa shape index (κ1) is 10.0. The van der Waals surface area contributed by atoms with E-state index >= 15 is 0 Å². The molecule has 0 saturated heterocycles. The molecule has 0 atom stereocenters. The van der Waals surface area contributed by atoms with Gasteiger partial charge < -0.3 is 4.74 Å². The molecule has 1 aromatic rings. The first-order valence-corrected chi connectivity index (χ1v) is 4.01. The summed E-state index contributed by atoms with van der Waals surface area (Å²) in [5.74, 6) is -0.0147. The predicted molar refractivity (Wildman–Crippen MR) is 48.7 cm³/mol. The Morgan fingerprint density at radius 2 is 2.15 bits per heavy atom. The van der Waals surface area contributed by atoms with Gasteiger partial charge in [0.15, 0.2) is 12.0 Å². The van der Waals surface area contributed by atoms with Crippen molar-refractivity contribution in [3.63, 3.8) is 0 Å². The highest BCUT2D eigenvalue weighted by atomic mass is 35.5. The fraction of sp³-hybridized carbons (Fsp3) is 0. The Morgan fingerprint density at radius 1 is 1.46 bits per heavy atom. The Kier molecular flexibility index (Phi) is 3.28. The Hall–Kier alpha value is -1.06. The summed E-state index contributed by atoms with van der Waals surface area (Å²) in [6.45, 7) is 0. The van der Waals surface area contributed by atoms with Crippen LogP contribution in [0.15, 0.2) is 18.2 Å². The smallest absolute Gasteiger partial charge is 0.409 e. The predicted octanol–water partition coefficient (Wildman–Crippen LogP) is 2.89. The molecule has 0 heterocycles. The quantitative estimate of drug-likeness (QED) is 0.567. The monoisotopic (exact) mass is 218 g/mol. The second-order valence-electron chi connectivity index (χ2n) is 2.12. The number of aldehydes is 1. The molecule has 0 radical (unpaired) electrons. The van der Waals surface area contributed by atoms with Crippen LogP contribution in [0.1, 0.15) is 10.4 Å². The van der Waals surface area contributed by atoms with Crippen LogP contribution in [0.25, 0.3) is 0 Å². The molecule has 68 valence electrons. The zero-order valence-corrected chi connectivity index (χ0v) is 7.80. The highest BCUT2D eigenvalue weighted by molar-refractivity contribution is 6.61. The summed E-state index contributed by atoms with van der Waals surface area (Å²) in [4.78, 5) is 20.9. The second-order valence-corrected chi connectivity index (χ2v) is 2.83. The molecule has 0 saturated carbocycles. The van der Waals surface area contributed by atoms with Crippen LogP contribution in [-0.2, 0) is 0 Å². The van der Waals surface area contributed by atoms with Gasteiger partial charge in [-0.2, -0.15) is 0 Å². The van der Waals surface area contributed by atoms with Crippen molar-refractivity contribution < 1.29 is 14.3 Å².